The highest BCUT2D eigenvalue weighted by Crippen LogP contribution is 1.87. The third-order valence-corrected chi connectivity index (χ3v) is 1.47. The zero-order valence-electron chi connectivity index (χ0n) is 7.30. The highest BCUT2D eigenvalue weighted by atomic mass is 16.4. The number of aliphatic carboxylic acids is 1. The van der Waals surface area contributed by atoms with Crippen LogP contribution in [0.3, 0.4) is 0 Å². The van der Waals surface area contributed by atoms with Crippen LogP contribution in [-0.2, 0) is 4.79 Å². The molecular weight excluding hydrogens is 158 g/mol. The lowest BCUT2D eigenvalue weighted by Gasteiger charge is -2.06. The normalized spacial score (nSPS) is 14.3. The highest BCUT2D eigenvalue weighted by molar-refractivity contribution is 5.71. The van der Waals surface area contributed by atoms with Crippen LogP contribution in [0.2, 0.25) is 0 Å². The number of quaternary nitrogens is 1. The molecule has 0 aliphatic carbocycles. The van der Waals surface area contributed by atoms with E-state index in [1.54, 1.807) is 6.92 Å². The van der Waals surface area contributed by atoms with Crippen LogP contribution in [0, 0.1) is 0 Å². The van der Waals surface area contributed by atoms with Gasteiger partial charge in [-0.3, -0.25) is 10.7 Å². The monoisotopic (exact) mass is 174 g/mol. The van der Waals surface area contributed by atoms with Gasteiger partial charge in [-0.1, -0.05) is 0 Å². The number of carbonyl (C=O) groups is 1. The van der Waals surface area contributed by atoms with E-state index in [0.29, 0.717) is 18.8 Å². The molecule has 0 fully saturated rings. The average molecular weight is 174 g/mol. The van der Waals surface area contributed by atoms with Crippen molar-refractivity contribution in [1.29, 1.82) is 0 Å². The minimum Gasteiger partial charge on any atom is -0.544 e. The summed E-state index contributed by atoms with van der Waals surface area (Å²) < 4.78 is 0. The van der Waals surface area contributed by atoms with Gasteiger partial charge in [0.15, 0.2) is 0 Å². The number of carboxylic acids is 1. The molecule has 0 spiro atoms. The summed E-state index contributed by atoms with van der Waals surface area (Å²) in [5.74, 6) is -0.451. The van der Waals surface area contributed by atoms with Crippen molar-refractivity contribution in [2.75, 3.05) is 6.54 Å². The standard InChI is InChI=1S/C7H15N3O2/c1-5(8)10-4-2-3-6(9)7(11)12/h6H,2-4,9H2,1H3,(H2,8,10)(H,11,12)/p+1. The molecule has 0 radical (unpaired) electrons. The molecule has 0 aliphatic rings. The van der Waals surface area contributed by atoms with Crippen molar-refractivity contribution in [2.24, 2.45) is 5.73 Å². The molecule has 0 rings (SSSR count). The minimum absolute atomic E-state index is 0.516. The Morgan fingerprint density at radius 2 is 2.33 bits per heavy atom. The molecule has 0 heterocycles. The van der Waals surface area contributed by atoms with E-state index in [1.165, 1.54) is 0 Å². The van der Waals surface area contributed by atoms with Gasteiger partial charge < -0.3 is 15.6 Å². The van der Waals surface area contributed by atoms with Gasteiger partial charge in [-0.05, 0) is 6.42 Å². The van der Waals surface area contributed by atoms with Crippen molar-refractivity contribution in [2.45, 2.75) is 25.8 Å². The first-order chi connectivity index (χ1) is 5.54. The SMILES string of the molecule is CC(N)=[NH+]CCCC([NH3+])C(=O)[O-]. The van der Waals surface area contributed by atoms with Gasteiger partial charge in [0.2, 0.25) is 5.84 Å². The van der Waals surface area contributed by atoms with Gasteiger partial charge in [0.05, 0.1) is 12.5 Å². The molecule has 0 bridgehead atoms. The Hall–Kier alpha value is -1.10. The number of nitrogens with one attached hydrogen (secondary N) is 1. The van der Waals surface area contributed by atoms with E-state index < -0.39 is 12.0 Å². The molecule has 6 N–H and O–H groups in total. The molecule has 5 heteroatoms. The zero-order chi connectivity index (χ0) is 9.56. The number of rotatable bonds is 5. The van der Waals surface area contributed by atoms with Gasteiger partial charge in [-0.25, -0.2) is 0 Å². The minimum atomic E-state index is -1.09. The van der Waals surface area contributed by atoms with Gasteiger partial charge in [0.25, 0.3) is 0 Å². The Morgan fingerprint density at radius 3 is 2.75 bits per heavy atom. The Morgan fingerprint density at radius 1 is 1.75 bits per heavy atom. The third kappa shape index (κ3) is 5.67. The highest BCUT2D eigenvalue weighted by Gasteiger charge is 2.05. The van der Waals surface area contributed by atoms with Crippen LogP contribution >= 0.6 is 0 Å². The Bertz CT molecular complexity index is 175. The first-order valence-corrected chi connectivity index (χ1v) is 3.91. The second-order valence-corrected chi connectivity index (χ2v) is 2.77. The lowest BCUT2D eigenvalue weighted by atomic mass is 10.2. The van der Waals surface area contributed by atoms with Crippen LogP contribution < -0.4 is 21.6 Å². The molecule has 0 aromatic heterocycles. The van der Waals surface area contributed by atoms with E-state index in [2.05, 4.69) is 10.7 Å². The molecule has 0 saturated heterocycles. The lowest BCUT2D eigenvalue weighted by molar-refractivity contribution is -0.466. The van der Waals surface area contributed by atoms with Crippen LogP contribution in [-0.4, -0.2) is 24.4 Å². The molecule has 1 unspecified atom stereocenters. The summed E-state index contributed by atoms with van der Waals surface area (Å²) in [5.41, 5.74) is 8.76. The van der Waals surface area contributed by atoms with Crippen LogP contribution in [0.25, 0.3) is 0 Å². The second kappa shape index (κ2) is 5.54. The Labute approximate surface area is 71.5 Å². The second-order valence-electron chi connectivity index (χ2n) is 2.77. The zero-order valence-corrected chi connectivity index (χ0v) is 7.30. The molecule has 0 saturated carbocycles. The topological polar surface area (TPSA) is 108 Å². The summed E-state index contributed by atoms with van der Waals surface area (Å²) in [6.45, 7) is 2.43. The van der Waals surface area contributed by atoms with E-state index in [1.807, 2.05) is 0 Å². The summed E-state index contributed by atoms with van der Waals surface area (Å²) >= 11 is 0. The van der Waals surface area contributed by atoms with Crippen LogP contribution in [0.1, 0.15) is 19.8 Å². The average Bonchev–Trinajstić information content (AvgIpc) is 1.97. The summed E-state index contributed by atoms with van der Waals surface area (Å²) in [7, 11) is 0. The maximum atomic E-state index is 10.2. The molecule has 12 heavy (non-hydrogen) atoms. The first kappa shape index (κ1) is 10.9. The molecule has 70 valence electrons. The molecule has 5 nitrogen and oxygen atoms in total. The predicted molar refractivity (Wildman–Crippen MR) is 41.6 cm³/mol. The van der Waals surface area contributed by atoms with E-state index >= 15 is 0 Å². The molecule has 0 amide bonds. The van der Waals surface area contributed by atoms with E-state index in [9.17, 15) is 9.90 Å². The van der Waals surface area contributed by atoms with E-state index in [-0.39, 0.29) is 0 Å². The summed E-state index contributed by atoms with van der Waals surface area (Å²) in [4.78, 5) is 13.1. The third-order valence-electron chi connectivity index (χ3n) is 1.47. The van der Waals surface area contributed by atoms with Gasteiger partial charge in [-0.2, -0.15) is 0 Å². The summed E-state index contributed by atoms with van der Waals surface area (Å²) in [6, 6.07) is -0.620. The number of carbonyl (C=O) groups excluding carboxylic acids is 1. The Balaban J connectivity index is 3.44. The first-order valence-electron chi connectivity index (χ1n) is 3.91. The van der Waals surface area contributed by atoms with Crippen LogP contribution in [0.5, 0.6) is 0 Å². The smallest absolute Gasteiger partial charge is 0.237 e. The van der Waals surface area contributed by atoms with Crippen molar-refractivity contribution < 1.29 is 20.6 Å². The van der Waals surface area contributed by atoms with Gasteiger partial charge in [0, 0.05) is 13.3 Å². The number of amidine groups is 1. The van der Waals surface area contributed by atoms with Crippen LogP contribution in [0.4, 0.5) is 0 Å². The molecule has 0 aromatic rings. The predicted octanol–water partition coefficient (Wildman–Crippen LogP) is -4.42. The lowest BCUT2D eigenvalue weighted by Crippen LogP contribution is -2.75. The van der Waals surface area contributed by atoms with Crippen molar-refractivity contribution in [3.8, 4) is 0 Å². The summed E-state index contributed by atoms with van der Waals surface area (Å²) in [6.07, 6.45) is 1.25. The quantitative estimate of drug-likeness (QED) is 0.222. The maximum absolute atomic E-state index is 10.2. The number of carboxylic acid groups (broad SMARTS) is 1. The fourth-order valence-corrected chi connectivity index (χ4v) is 0.752. The molecule has 0 aliphatic heterocycles. The van der Waals surface area contributed by atoms with Gasteiger partial charge in [-0.15, -0.1) is 0 Å². The summed E-state index contributed by atoms with van der Waals surface area (Å²) in [5, 5.41) is 10.2. The van der Waals surface area contributed by atoms with Crippen LogP contribution in [0.15, 0.2) is 0 Å². The number of hydrogen-bond acceptors (Lipinski definition) is 2. The largest absolute Gasteiger partial charge is 0.544 e. The molecule has 1 atom stereocenters. The van der Waals surface area contributed by atoms with Crippen molar-refractivity contribution in [1.82, 2.24) is 0 Å². The van der Waals surface area contributed by atoms with E-state index in [0.717, 1.165) is 6.42 Å². The van der Waals surface area contributed by atoms with Gasteiger partial charge in [0.1, 0.15) is 6.04 Å². The molecule has 0 aromatic carbocycles. The van der Waals surface area contributed by atoms with Crippen molar-refractivity contribution in [3.63, 3.8) is 0 Å². The van der Waals surface area contributed by atoms with Crippen molar-refractivity contribution in [3.05, 3.63) is 0 Å². The number of hydrogen-bond donors (Lipinski definition) is 3. The Kier molecular flexibility index (Phi) is 5.03. The van der Waals surface area contributed by atoms with Crippen molar-refractivity contribution >= 4 is 11.8 Å². The van der Waals surface area contributed by atoms with Gasteiger partial charge >= 0.3 is 0 Å². The fraction of sp³-hybridized carbons (Fsp3) is 0.714. The maximum Gasteiger partial charge on any atom is 0.237 e. The molecular formula is C7H16N3O2+. The number of nitrogens with two attached hydrogens (primary N) is 1. The fourth-order valence-electron chi connectivity index (χ4n) is 0.752. The van der Waals surface area contributed by atoms with E-state index in [4.69, 9.17) is 5.73 Å².